The van der Waals surface area contributed by atoms with Gasteiger partial charge in [0.1, 0.15) is 12.2 Å². The van der Waals surface area contributed by atoms with Crippen molar-refractivity contribution < 1.29 is 0 Å². The van der Waals surface area contributed by atoms with E-state index in [1.807, 2.05) is 7.05 Å². The van der Waals surface area contributed by atoms with Crippen LogP contribution in [0.15, 0.2) is 41.7 Å². The summed E-state index contributed by atoms with van der Waals surface area (Å²) >= 11 is 0. The summed E-state index contributed by atoms with van der Waals surface area (Å²) in [7, 11) is 1.85. The van der Waals surface area contributed by atoms with Gasteiger partial charge in [-0.25, -0.2) is 0 Å². The average Bonchev–Trinajstić information content (AvgIpc) is 3.14. The minimum atomic E-state index is 0.816. The van der Waals surface area contributed by atoms with Gasteiger partial charge in [0.05, 0.1) is 0 Å². The highest BCUT2D eigenvalue weighted by atomic mass is 15.3. The van der Waals surface area contributed by atoms with E-state index >= 15 is 0 Å². The van der Waals surface area contributed by atoms with Gasteiger partial charge in [0.2, 0.25) is 0 Å². The van der Waals surface area contributed by atoms with Crippen LogP contribution in [0.2, 0.25) is 0 Å². The van der Waals surface area contributed by atoms with Crippen LogP contribution in [0.25, 0.3) is 0 Å². The lowest BCUT2D eigenvalue weighted by atomic mass is 10.2. The number of rotatable bonds is 5. The first-order valence-corrected chi connectivity index (χ1v) is 8.94. The van der Waals surface area contributed by atoms with Crippen LogP contribution in [0, 0.1) is 0 Å². The number of nitrogens with zero attached hydrogens (tertiary/aromatic N) is 6. The molecule has 1 aromatic heterocycles. The molecule has 2 aromatic rings. The first kappa shape index (κ1) is 17.3. The van der Waals surface area contributed by atoms with Crippen LogP contribution in [0.1, 0.15) is 12.7 Å². The van der Waals surface area contributed by atoms with Gasteiger partial charge in [-0.3, -0.25) is 4.99 Å². The fourth-order valence-electron chi connectivity index (χ4n) is 3.18. The number of anilines is 1. The summed E-state index contributed by atoms with van der Waals surface area (Å²) in [6.45, 7) is 7.73. The van der Waals surface area contributed by atoms with Crippen molar-refractivity contribution >= 4 is 11.6 Å². The Labute approximate surface area is 149 Å². The molecule has 1 saturated heterocycles. The average molecular weight is 341 g/mol. The lowest BCUT2D eigenvalue weighted by molar-refractivity contribution is 0.371. The Balaban J connectivity index is 1.48. The summed E-state index contributed by atoms with van der Waals surface area (Å²) in [4.78, 5) is 9.19. The zero-order valence-corrected chi connectivity index (χ0v) is 15.1. The zero-order valence-electron chi connectivity index (χ0n) is 15.1. The third-order valence-electron chi connectivity index (χ3n) is 4.56. The summed E-state index contributed by atoms with van der Waals surface area (Å²) in [6, 6.07) is 10.6. The predicted molar refractivity (Wildman–Crippen MR) is 101 cm³/mol. The molecule has 7 heteroatoms. The fourth-order valence-corrected chi connectivity index (χ4v) is 3.18. The number of aromatic nitrogens is 3. The minimum absolute atomic E-state index is 0.816. The predicted octanol–water partition coefficient (Wildman–Crippen LogP) is 1.24. The number of guanidine groups is 1. The fraction of sp³-hybridized carbons (Fsp3) is 0.500. The molecule has 7 nitrogen and oxygen atoms in total. The third-order valence-corrected chi connectivity index (χ3v) is 4.56. The molecule has 25 heavy (non-hydrogen) atoms. The minimum Gasteiger partial charge on any atom is -0.368 e. The molecule has 134 valence electrons. The number of para-hydroxylation sites is 1. The quantitative estimate of drug-likeness (QED) is 0.655. The lowest BCUT2D eigenvalue weighted by Gasteiger charge is -2.37. The molecule has 0 atom stereocenters. The second kappa shape index (κ2) is 8.50. The van der Waals surface area contributed by atoms with Gasteiger partial charge in [-0.2, -0.15) is 0 Å². The highest BCUT2D eigenvalue weighted by molar-refractivity contribution is 5.80. The van der Waals surface area contributed by atoms with Crippen molar-refractivity contribution in [3.63, 3.8) is 0 Å². The van der Waals surface area contributed by atoms with E-state index in [-0.39, 0.29) is 0 Å². The number of hydrogen-bond acceptors (Lipinski definition) is 4. The maximum atomic E-state index is 4.44. The number of nitrogens with one attached hydrogen (secondary N) is 1. The van der Waals surface area contributed by atoms with E-state index in [1.54, 1.807) is 6.33 Å². The van der Waals surface area contributed by atoms with E-state index in [2.05, 4.69) is 72.1 Å². The van der Waals surface area contributed by atoms with E-state index in [1.165, 1.54) is 5.69 Å². The second-order valence-corrected chi connectivity index (χ2v) is 6.08. The molecule has 0 unspecified atom stereocenters. The van der Waals surface area contributed by atoms with Gasteiger partial charge >= 0.3 is 0 Å². The van der Waals surface area contributed by atoms with Crippen molar-refractivity contribution in [3.8, 4) is 0 Å². The number of aliphatic imine (C=N–C) groups is 1. The molecule has 3 rings (SSSR count). The first-order chi connectivity index (χ1) is 12.3. The molecule has 0 aliphatic carbocycles. The van der Waals surface area contributed by atoms with Crippen molar-refractivity contribution in [2.24, 2.45) is 4.99 Å². The van der Waals surface area contributed by atoms with E-state index in [9.17, 15) is 0 Å². The summed E-state index contributed by atoms with van der Waals surface area (Å²) in [5.41, 5.74) is 1.30. The Kier molecular flexibility index (Phi) is 5.87. The molecule has 1 aromatic carbocycles. The number of hydrogen-bond donors (Lipinski definition) is 1. The van der Waals surface area contributed by atoms with Gasteiger partial charge in [-0.1, -0.05) is 25.1 Å². The van der Waals surface area contributed by atoms with Crippen molar-refractivity contribution in [2.45, 2.75) is 19.9 Å². The highest BCUT2D eigenvalue weighted by Crippen LogP contribution is 2.15. The van der Waals surface area contributed by atoms with Gasteiger partial charge in [0.15, 0.2) is 5.96 Å². The molecule has 1 aliphatic heterocycles. The molecule has 2 heterocycles. The maximum absolute atomic E-state index is 4.44. The van der Waals surface area contributed by atoms with Crippen molar-refractivity contribution in [1.82, 2.24) is 25.0 Å². The second-order valence-electron chi connectivity index (χ2n) is 6.08. The van der Waals surface area contributed by atoms with Crippen LogP contribution >= 0.6 is 0 Å². The highest BCUT2D eigenvalue weighted by Gasteiger charge is 2.19. The molecular formula is C18H27N7. The Morgan fingerprint density at radius 2 is 1.92 bits per heavy atom. The van der Waals surface area contributed by atoms with E-state index < -0.39 is 0 Å². The van der Waals surface area contributed by atoms with E-state index in [4.69, 9.17) is 0 Å². The topological polar surface area (TPSA) is 61.6 Å². The molecule has 1 aliphatic rings. The molecule has 1 fully saturated rings. The van der Waals surface area contributed by atoms with E-state index in [0.717, 1.165) is 57.5 Å². The zero-order chi connectivity index (χ0) is 17.5. The summed E-state index contributed by atoms with van der Waals surface area (Å²) in [5, 5.41) is 11.6. The smallest absolute Gasteiger partial charge is 0.193 e. The van der Waals surface area contributed by atoms with Gasteiger partial charge in [-0.05, 0) is 12.1 Å². The van der Waals surface area contributed by atoms with Crippen LogP contribution in [-0.2, 0) is 13.0 Å². The Morgan fingerprint density at radius 1 is 1.16 bits per heavy atom. The largest absolute Gasteiger partial charge is 0.368 e. The SMILES string of the molecule is CCc1nncn1CCNC(=NC)N1CCN(c2ccccc2)CC1. The molecule has 0 amide bonds. The number of piperazine rings is 1. The monoisotopic (exact) mass is 341 g/mol. The van der Waals surface area contributed by atoms with Crippen LogP contribution in [0.3, 0.4) is 0 Å². The van der Waals surface area contributed by atoms with Crippen LogP contribution < -0.4 is 10.2 Å². The lowest BCUT2D eigenvalue weighted by Crippen LogP contribution is -2.52. The standard InChI is InChI=1S/C18H27N7/c1-3-17-22-21-15-25(17)10-9-20-18(19-2)24-13-11-23(12-14-24)16-7-5-4-6-8-16/h4-8,15H,3,9-14H2,1-2H3,(H,19,20). The van der Waals surface area contributed by atoms with Gasteiger partial charge in [0.25, 0.3) is 0 Å². The van der Waals surface area contributed by atoms with Crippen LogP contribution in [-0.4, -0.2) is 65.4 Å². The Bertz CT molecular complexity index is 672. The summed E-state index contributed by atoms with van der Waals surface area (Å²) in [6.07, 6.45) is 2.69. The molecule has 0 radical (unpaired) electrons. The number of benzene rings is 1. The van der Waals surface area contributed by atoms with Crippen molar-refractivity contribution in [1.29, 1.82) is 0 Å². The molecule has 0 spiro atoms. The molecule has 0 saturated carbocycles. The van der Waals surface area contributed by atoms with Gasteiger partial charge < -0.3 is 19.7 Å². The van der Waals surface area contributed by atoms with Gasteiger partial charge in [-0.15, -0.1) is 10.2 Å². The van der Waals surface area contributed by atoms with Crippen molar-refractivity contribution in [3.05, 3.63) is 42.5 Å². The number of aryl methyl sites for hydroxylation is 1. The Morgan fingerprint density at radius 3 is 2.60 bits per heavy atom. The summed E-state index contributed by atoms with van der Waals surface area (Å²) in [5.74, 6) is 1.99. The molecular weight excluding hydrogens is 314 g/mol. The molecule has 1 N–H and O–H groups in total. The normalized spacial score (nSPS) is 15.5. The summed E-state index contributed by atoms with van der Waals surface area (Å²) < 4.78 is 2.09. The first-order valence-electron chi connectivity index (χ1n) is 8.94. The third kappa shape index (κ3) is 4.29. The van der Waals surface area contributed by atoms with Crippen LogP contribution in [0.5, 0.6) is 0 Å². The Hall–Kier alpha value is -2.57. The maximum Gasteiger partial charge on any atom is 0.193 e. The van der Waals surface area contributed by atoms with E-state index in [0.29, 0.717) is 0 Å². The molecule has 0 bridgehead atoms. The van der Waals surface area contributed by atoms with Gasteiger partial charge in [0, 0.05) is 58.4 Å². The van der Waals surface area contributed by atoms with Crippen LogP contribution in [0.4, 0.5) is 5.69 Å². The van der Waals surface area contributed by atoms with Crippen molar-refractivity contribution in [2.75, 3.05) is 44.7 Å².